The lowest BCUT2D eigenvalue weighted by molar-refractivity contribution is -0.274. The Morgan fingerprint density at radius 1 is 1.15 bits per heavy atom. The summed E-state index contributed by atoms with van der Waals surface area (Å²) in [6, 6.07) is 3.86. The Morgan fingerprint density at radius 3 is 2.27 bits per heavy atom. The highest BCUT2D eigenvalue weighted by Crippen LogP contribution is 2.29. The zero-order valence-electron chi connectivity index (χ0n) is 13.1. The fourth-order valence-electron chi connectivity index (χ4n) is 2.61. The van der Waals surface area contributed by atoms with Crippen molar-refractivity contribution in [3.8, 4) is 5.75 Å². The molecule has 0 atom stereocenters. The smallest absolute Gasteiger partial charge is 0.439 e. The van der Waals surface area contributed by atoms with Gasteiger partial charge in [-0.05, 0) is 24.3 Å². The van der Waals surface area contributed by atoms with E-state index in [2.05, 4.69) is 9.47 Å². The summed E-state index contributed by atoms with van der Waals surface area (Å²) in [5.41, 5.74) is 0. The zero-order chi connectivity index (χ0) is 19.1. The summed E-state index contributed by atoms with van der Waals surface area (Å²) < 4.78 is 70.6. The van der Waals surface area contributed by atoms with Crippen LogP contribution in [-0.2, 0) is 19.6 Å². The molecule has 2 fully saturated rings. The third-order valence-corrected chi connectivity index (χ3v) is 5.75. The number of alkyl halides is 3. The van der Waals surface area contributed by atoms with Crippen LogP contribution in [0, 0.1) is 5.92 Å². The summed E-state index contributed by atoms with van der Waals surface area (Å²) in [5, 5.41) is 0. The molecule has 2 saturated heterocycles. The number of imide groups is 1. The lowest BCUT2D eigenvalue weighted by atomic mass is 10.0. The van der Waals surface area contributed by atoms with Crippen LogP contribution in [0.25, 0.3) is 0 Å². The topological polar surface area (TPSA) is 93.2 Å². The number of carbonyl (C=O) groups is 2. The molecule has 2 heterocycles. The highest BCUT2D eigenvalue weighted by atomic mass is 32.2. The van der Waals surface area contributed by atoms with Crippen molar-refractivity contribution in [2.45, 2.75) is 11.3 Å². The number of hydrogen-bond donors (Lipinski definition) is 0. The van der Waals surface area contributed by atoms with Crippen molar-refractivity contribution in [2.75, 3.05) is 26.2 Å². The van der Waals surface area contributed by atoms with Gasteiger partial charge in [0.15, 0.2) is 6.61 Å². The minimum absolute atomic E-state index is 0.0576. The fraction of sp³-hybridized carbons (Fsp3) is 0.429. The molecule has 142 valence electrons. The lowest BCUT2D eigenvalue weighted by Crippen LogP contribution is -2.54. The number of cyclic esters (lactones) is 1. The number of nitrogens with zero attached hydrogens (tertiary/aromatic N) is 2. The van der Waals surface area contributed by atoms with E-state index in [-0.39, 0.29) is 37.1 Å². The summed E-state index contributed by atoms with van der Waals surface area (Å²) >= 11 is 0. The molecule has 3 rings (SSSR count). The van der Waals surface area contributed by atoms with Gasteiger partial charge < -0.3 is 9.47 Å². The molecule has 1 aromatic rings. The van der Waals surface area contributed by atoms with Crippen molar-refractivity contribution in [2.24, 2.45) is 5.92 Å². The molecule has 0 saturated carbocycles. The number of sulfonamides is 1. The standard InChI is InChI=1S/C14H13F3N2O6S/c15-14(16,17)25-10-1-3-11(4-2-10)26(22,23)18-5-9(6-18)7-19-12(20)8-24-13(19)21/h1-4,9H,5-8H2. The molecule has 0 radical (unpaired) electrons. The average Bonchev–Trinajstić information content (AvgIpc) is 2.80. The molecular weight excluding hydrogens is 381 g/mol. The van der Waals surface area contributed by atoms with Gasteiger partial charge in [0, 0.05) is 25.6 Å². The van der Waals surface area contributed by atoms with Crippen LogP contribution in [0.15, 0.2) is 29.2 Å². The van der Waals surface area contributed by atoms with E-state index in [1.54, 1.807) is 0 Å². The Kier molecular flexibility index (Phi) is 4.56. The van der Waals surface area contributed by atoms with Crippen LogP contribution in [0.5, 0.6) is 5.75 Å². The number of ether oxygens (including phenoxy) is 2. The van der Waals surface area contributed by atoms with Crippen LogP contribution in [0.4, 0.5) is 18.0 Å². The molecule has 26 heavy (non-hydrogen) atoms. The van der Waals surface area contributed by atoms with Gasteiger partial charge in [-0.1, -0.05) is 0 Å². The van der Waals surface area contributed by atoms with Gasteiger partial charge in [0.2, 0.25) is 10.0 Å². The van der Waals surface area contributed by atoms with Crippen molar-refractivity contribution in [1.82, 2.24) is 9.21 Å². The Morgan fingerprint density at radius 2 is 1.77 bits per heavy atom. The molecule has 1 aromatic carbocycles. The second-order valence-corrected chi connectivity index (χ2v) is 7.70. The van der Waals surface area contributed by atoms with Crippen LogP contribution in [0.3, 0.4) is 0 Å². The second kappa shape index (κ2) is 6.43. The van der Waals surface area contributed by atoms with E-state index < -0.39 is 34.1 Å². The first-order valence-electron chi connectivity index (χ1n) is 7.39. The van der Waals surface area contributed by atoms with E-state index in [1.165, 1.54) is 0 Å². The number of halogens is 3. The predicted molar refractivity (Wildman–Crippen MR) is 78.4 cm³/mol. The number of carbonyl (C=O) groups excluding carboxylic acids is 2. The molecule has 0 bridgehead atoms. The summed E-state index contributed by atoms with van der Waals surface area (Å²) in [6.45, 7) is -0.0949. The Hall–Kier alpha value is -2.34. The molecule has 0 aromatic heterocycles. The maximum absolute atomic E-state index is 12.4. The van der Waals surface area contributed by atoms with Gasteiger partial charge in [-0.2, -0.15) is 4.31 Å². The van der Waals surface area contributed by atoms with Gasteiger partial charge in [0.05, 0.1) is 4.90 Å². The summed E-state index contributed by atoms with van der Waals surface area (Å²) in [7, 11) is -3.88. The van der Waals surface area contributed by atoms with E-state index in [0.29, 0.717) is 0 Å². The Labute approximate surface area is 146 Å². The fourth-order valence-corrected chi connectivity index (χ4v) is 4.20. The largest absolute Gasteiger partial charge is 0.573 e. The first-order valence-corrected chi connectivity index (χ1v) is 8.83. The zero-order valence-corrected chi connectivity index (χ0v) is 13.9. The normalized spacial score (nSPS) is 19.4. The molecule has 0 aliphatic carbocycles. The van der Waals surface area contributed by atoms with Crippen LogP contribution in [0.1, 0.15) is 0 Å². The van der Waals surface area contributed by atoms with E-state index in [0.717, 1.165) is 33.5 Å². The summed E-state index contributed by atoms with van der Waals surface area (Å²) in [5.74, 6) is -1.23. The van der Waals surface area contributed by atoms with Crippen LogP contribution in [0.2, 0.25) is 0 Å². The molecule has 8 nitrogen and oxygen atoms in total. The maximum Gasteiger partial charge on any atom is 0.573 e. The SMILES string of the molecule is O=C1COC(=O)N1CC1CN(S(=O)(=O)c2ccc(OC(F)(F)F)cc2)C1. The predicted octanol–water partition coefficient (Wildman–Crippen LogP) is 1.18. The van der Waals surface area contributed by atoms with Gasteiger partial charge >= 0.3 is 12.5 Å². The highest BCUT2D eigenvalue weighted by molar-refractivity contribution is 7.89. The quantitative estimate of drug-likeness (QED) is 0.745. The molecule has 12 heteroatoms. The monoisotopic (exact) mass is 394 g/mol. The van der Waals surface area contributed by atoms with E-state index in [9.17, 15) is 31.2 Å². The van der Waals surface area contributed by atoms with Gasteiger partial charge in [-0.25, -0.2) is 18.1 Å². The van der Waals surface area contributed by atoms with E-state index >= 15 is 0 Å². The van der Waals surface area contributed by atoms with E-state index in [1.807, 2.05) is 0 Å². The van der Waals surface area contributed by atoms with Crippen molar-refractivity contribution in [3.05, 3.63) is 24.3 Å². The Bertz CT molecular complexity index is 802. The van der Waals surface area contributed by atoms with Gasteiger partial charge in [0.1, 0.15) is 5.75 Å². The third-order valence-electron chi connectivity index (χ3n) is 3.90. The molecule has 0 unspecified atom stereocenters. The molecule has 2 amide bonds. The number of amides is 2. The molecule has 0 N–H and O–H groups in total. The molecular formula is C14H13F3N2O6S. The van der Waals surface area contributed by atoms with Gasteiger partial charge in [-0.15, -0.1) is 13.2 Å². The number of hydrogen-bond acceptors (Lipinski definition) is 6. The van der Waals surface area contributed by atoms with Crippen LogP contribution in [-0.4, -0.2) is 62.2 Å². The van der Waals surface area contributed by atoms with Crippen molar-refractivity contribution >= 4 is 22.0 Å². The average molecular weight is 394 g/mol. The number of rotatable bonds is 5. The lowest BCUT2D eigenvalue weighted by Gasteiger charge is -2.39. The van der Waals surface area contributed by atoms with Crippen molar-refractivity contribution < 1.29 is 40.7 Å². The van der Waals surface area contributed by atoms with Crippen LogP contribution >= 0.6 is 0 Å². The molecule has 0 spiro atoms. The minimum atomic E-state index is -4.86. The van der Waals surface area contributed by atoms with Crippen LogP contribution < -0.4 is 4.74 Å². The maximum atomic E-state index is 12.4. The first kappa shape index (κ1) is 18.5. The van der Waals surface area contributed by atoms with Crippen molar-refractivity contribution in [1.29, 1.82) is 0 Å². The molecule has 2 aliphatic heterocycles. The Balaban J connectivity index is 1.60. The minimum Gasteiger partial charge on any atom is -0.439 e. The summed E-state index contributed by atoms with van der Waals surface area (Å²) in [4.78, 5) is 23.5. The highest BCUT2D eigenvalue weighted by Gasteiger charge is 2.41. The second-order valence-electron chi connectivity index (χ2n) is 5.77. The first-order chi connectivity index (χ1) is 12.1. The third kappa shape index (κ3) is 3.75. The van der Waals surface area contributed by atoms with Gasteiger partial charge in [0.25, 0.3) is 5.91 Å². The van der Waals surface area contributed by atoms with E-state index in [4.69, 9.17) is 0 Å². The van der Waals surface area contributed by atoms with Gasteiger partial charge in [-0.3, -0.25) is 4.79 Å². The van der Waals surface area contributed by atoms with Crippen molar-refractivity contribution in [3.63, 3.8) is 0 Å². The number of benzene rings is 1. The summed E-state index contributed by atoms with van der Waals surface area (Å²) in [6.07, 6.45) is -5.62. The molecule has 2 aliphatic rings.